The summed E-state index contributed by atoms with van der Waals surface area (Å²) < 4.78 is 21.2. The summed E-state index contributed by atoms with van der Waals surface area (Å²) in [4.78, 5) is 48.9. The van der Waals surface area contributed by atoms with E-state index >= 15 is 0 Å². The summed E-state index contributed by atoms with van der Waals surface area (Å²) in [6.45, 7) is 3.75. The first-order valence-corrected chi connectivity index (χ1v) is 10.3. The van der Waals surface area contributed by atoms with Crippen LogP contribution >= 0.6 is 0 Å². The topological polar surface area (TPSA) is 143 Å². The van der Waals surface area contributed by atoms with Gasteiger partial charge in [-0.1, -0.05) is 24.3 Å². The Bertz CT molecular complexity index is 956. The van der Waals surface area contributed by atoms with Gasteiger partial charge in [0.2, 0.25) is 11.6 Å². The van der Waals surface area contributed by atoms with E-state index < -0.39 is 29.7 Å². The molecule has 10 heteroatoms. The number of methoxy groups -OCH3 is 1. The number of carbonyl (C=O) groups is 4. The number of hydrogen-bond acceptors (Lipinski definition) is 8. The van der Waals surface area contributed by atoms with Crippen molar-refractivity contribution in [3.05, 3.63) is 58.6 Å². The molecule has 0 spiro atoms. The Morgan fingerprint density at radius 1 is 1.18 bits per heavy atom. The number of Topliss-reactive ketones (excluding diaryl/α,β-unsaturated/α-hetero) is 1. The van der Waals surface area contributed by atoms with E-state index in [9.17, 15) is 19.2 Å². The highest BCUT2D eigenvalue weighted by atomic mass is 16.6. The summed E-state index contributed by atoms with van der Waals surface area (Å²) in [5.41, 5.74) is 6.05. The Morgan fingerprint density at radius 3 is 2.61 bits per heavy atom. The van der Waals surface area contributed by atoms with Crippen LogP contribution < -0.4 is 11.1 Å². The van der Waals surface area contributed by atoms with E-state index in [-0.39, 0.29) is 49.0 Å². The van der Waals surface area contributed by atoms with Crippen molar-refractivity contribution in [3.63, 3.8) is 0 Å². The standard InChI is InChI=1S/C23H28N2O8/c1-14-8-9-31-10-11-32-13-16-20(27)17(12-18(26)21(16)30-3)25-22(28)15(2)6-4-5-7-19(14)33-23(24)29/h4-6,8,12,19H,7,9-11,13H2,1-3H3,(H2,24,29)(H,25,28)/b5-4-,14-8+,15-6+/t19-/m1/s1. The molecule has 2 rings (SSSR count). The number of allylic oxidation sites excluding steroid dienone is 4. The predicted octanol–water partition coefficient (Wildman–Crippen LogP) is 1.39. The number of carbonyl (C=O) groups excluding carboxylic acids is 4. The molecule has 10 nitrogen and oxygen atoms in total. The van der Waals surface area contributed by atoms with E-state index in [1.165, 1.54) is 13.2 Å². The molecule has 2 amide bonds. The van der Waals surface area contributed by atoms with Crippen LogP contribution in [0.2, 0.25) is 0 Å². The van der Waals surface area contributed by atoms with Crippen LogP contribution in [-0.2, 0) is 33.3 Å². The summed E-state index contributed by atoms with van der Waals surface area (Å²) in [6.07, 6.45) is 6.49. The average Bonchev–Trinajstić information content (AvgIpc) is 2.76. The number of ketones is 2. The first-order valence-electron chi connectivity index (χ1n) is 10.3. The molecule has 1 aliphatic heterocycles. The Kier molecular flexibility index (Phi) is 9.77. The molecule has 0 unspecified atom stereocenters. The fraction of sp³-hybridized carbons (Fsp3) is 0.391. The molecule has 0 aromatic carbocycles. The number of fused-ring (bicyclic) bond motifs is 2. The average molecular weight is 460 g/mol. The van der Waals surface area contributed by atoms with E-state index in [4.69, 9.17) is 24.7 Å². The zero-order valence-corrected chi connectivity index (χ0v) is 18.8. The van der Waals surface area contributed by atoms with Gasteiger partial charge in [0.05, 0.1) is 44.8 Å². The highest BCUT2D eigenvalue weighted by molar-refractivity contribution is 6.23. The molecule has 0 aromatic heterocycles. The molecule has 1 heterocycles. The summed E-state index contributed by atoms with van der Waals surface area (Å²) in [7, 11) is 1.28. The molecule has 1 atom stereocenters. The maximum Gasteiger partial charge on any atom is 0.405 e. The zero-order valence-electron chi connectivity index (χ0n) is 18.8. The van der Waals surface area contributed by atoms with E-state index in [1.54, 1.807) is 32.1 Å². The van der Waals surface area contributed by atoms with Crippen LogP contribution in [0.1, 0.15) is 20.3 Å². The van der Waals surface area contributed by atoms with E-state index in [1.807, 2.05) is 0 Å². The second kappa shape index (κ2) is 12.5. The lowest BCUT2D eigenvalue weighted by Gasteiger charge is -2.19. The number of nitrogens with one attached hydrogen (secondary N) is 1. The first kappa shape index (κ1) is 25.8. The molecule has 1 aliphatic carbocycles. The van der Waals surface area contributed by atoms with Crippen LogP contribution in [0.3, 0.4) is 0 Å². The molecule has 0 saturated carbocycles. The zero-order chi connectivity index (χ0) is 24.4. The number of primary amides is 1. The van der Waals surface area contributed by atoms with Gasteiger partial charge in [-0.25, -0.2) is 4.79 Å². The van der Waals surface area contributed by atoms with Crippen LogP contribution in [-0.4, -0.2) is 63.2 Å². The monoisotopic (exact) mass is 460 g/mol. The van der Waals surface area contributed by atoms with Crippen molar-refractivity contribution < 1.29 is 38.1 Å². The lowest BCUT2D eigenvalue weighted by atomic mass is 9.98. The van der Waals surface area contributed by atoms with Gasteiger partial charge < -0.3 is 30.0 Å². The lowest BCUT2D eigenvalue weighted by molar-refractivity contribution is -0.121. The van der Waals surface area contributed by atoms with Gasteiger partial charge in [-0.3, -0.25) is 14.4 Å². The lowest BCUT2D eigenvalue weighted by Crippen LogP contribution is -2.34. The Balaban J connectivity index is 2.28. The normalized spacial score (nSPS) is 25.7. The summed E-state index contributed by atoms with van der Waals surface area (Å²) in [5.74, 6) is -1.79. The SMILES string of the molecule is COC1=C2COCCOC/C=C(\C)[C@H](OC(N)=O)C/C=C\C=C(/C)C(=O)NC(=CC1=O)C2=O. The molecule has 3 N–H and O–H groups in total. The molecular formula is C23H28N2O8. The molecule has 0 aromatic rings. The molecule has 0 radical (unpaired) electrons. The molecule has 2 bridgehead atoms. The number of nitrogens with two attached hydrogens (primary N) is 1. The predicted molar refractivity (Wildman–Crippen MR) is 118 cm³/mol. The summed E-state index contributed by atoms with van der Waals surface area (Å²) in [5, 5.41) is 2.46. The Morgan fingerprint density at radius 2 is 1.91 bits per heavy atom. The van der Waals surface area contributed by atoms with Crippen molar-refractivity contribution in [3.8, 4) is 0 Å². The van der Waals surface area contributed by atoms with E-state index in [2.05, 4.69) is 5.32 Å². The highest BCUT2D eigenvalue weighted by Gasteiger charge is 2.30. The second-order valence-corrected chi connectivity index (χ2v) is 7.23. The molecular weight excluding hydrogens is 432 g/mol. The van der Waals surface area contributed by atoms with Crippen LogP contribution in [0, 0.1) is 0 Å². The van der Waals surface area contributed by atoms with Crippen molar-refractivity contribution in [2.24, 2.45) is 5.73 Å². The van der Waals surface area contributed by atoms with Gasteiger partial charge in [0.1, 0.15) is 6.10 Å². The number of amides is 2. The number of rotatable bonds is 2. The van der Waals surface area contributed by atoms with Gasteiger partial charge in [-0.05, 0) is 19.4 Å². The summed E-state index contributed by atoms with van der Waals surface area (Å²) in [6, 6.07) is 0. The quantitative estimate of drug-likeness (QED) is 0.465. The third kappa shape index (κ3) is 7.55. The maximum atomic E-state index is 12.8. The minimum absolute atomic E-state index is 0.0157. The van der Waals surface area contributed by atoms with Crippen molar-refractivity contribution in [1.82, 2.24) is 5.32 Å². The molecule has 0 saturated heterocycles. The maximum absolute atomic E-state index is 12.8. The van der Waals surface area contributed by atoms with Crippen molar-refractivity contribution in [2.75, 3.05) is 33.5 Å². The van der Waals surface area contributed by atoms with Crippen LogP contribution in [0.4, 0.5) is 4.79 Å². The second-order valence-electron chi connectivity index (χ2n) is 7.23. The smallest absolute Gasteiger partial charge is 0.405 e. The van der Waals surface area contributed by atoms with Gasteiger partial charge in [0, 0.05) is 18.1 Å². The Hall–Kier alpha value is -3.50. The molecule has 2 aliphatic rings. The van der Waals surface area contributed by atoms with Gasteiger partial charge in [0.25, 0.3) is 5.91 Å². The highest BCUT2D eigenvalue weighted by Crippen LogP contribution is 2.20. The fourth-order valence-electron chi connectivity index (χ4n) is 3.00. The number of ether oxygens (including phenoxy) is 4. The fourth-order valence-corrected chi connectivity index (χ4v) is 3.00. The molecule has 178 valence electrons. The van der Waals surface area contributed by atoms with Crippen LogP contribution in [0.15, 0.2) is 58.6 Å². The first-order chi connectivity index (χ1) is 15.7. The van der Waals surface area contributed by atoms with Gasteiger partial charge in [-0.2, -0.15) is 0 Å². The van der Waals surface area contributed by atoms with E-state index in [0.29, 0.717) is 6.42 Å². The summed E-state index contributed by atoms with van der Waals surface area (Å²) >= 11 is 0. The molecule has 0 fully saturated rings. The minimum Gasteiger partial charge on any atom is -0.492 e. The third-order valence-corrected chi connectivity index (χ3v) is 4.84. The number of hydrogen-bond donors (Lipinski definition) is 2. The largest absolute Gasteiger partial charge is 0.492 e. The van der Waals surface area contributed by atoms with Crippen LogP contribution in [0.5, 0.6) is 0 Å². The molecule has 33 heavy (non-hydrogen) atoms. The minimum atomic E-state index is -0.900. The van der Waals surface area contributed by atoms with Crippen LogP contribution in [0.25, 0.3) is 0 Å². The Labute approximate surface area is 191 Å². The van der Waals surface area contributed by atoms with Crippen molar-refractivity contribution in [2.45, 2.75) is 26.4 Å². The van der Waals surface area contributed by atoms with Gasteiger partial charge in [0.15, 0.2) is 5.76 Å². The van der Waals surface area contributed by atoms with Crippen molar-refractivity contribution >= 4 is 23.6 Å². The van der Waals surface area contributed by atoms with Gasteiger partial charge >= 0.3 is 6.09 Å². The van der Waals surface area contributed by atoms with Crippen molar-refractivity contribution in [1.29, 1.82) is 0 Å². The van der Waals surface area contributed by atoms with E-state index in [0.717, 1.165) is 11.6 Å². The third-order valence-electron chi connectivity index (χ3n) is 4.84. The van der Waals surface area contributed by atoms with Gasteiger partial charge in [-0.15, -0.1) is 0 Å².